The lowest BCUT2D eigenvalue weighted by atomic mass is 10.1. The molecule has 8 heteroatoms. The normalized spacial score (nSPS) is 11.0. The lowest BCUT2D eigenvalue weighted by Gasteiger charge is -2.08. The Bertz CT molecular complexity index is 1120. The summed E-state index contributed by atoms with van der Waals surface area (Å²) in [4.78, 5) is 17.0. The first-order valence-corrected chi connectivity index (χ1v) is 7.60. The highest BCUT2D eigenvalue weighted by atomic mass is 19.1. The summed E-state index contributed by atoms with van der Waals surface area (Å²) >= 11 is 0. The smallest absolute Gasteiger partial charge is 0.259 e. The second-order valence-corrected chi connectivity index (χ2v) is 5.56. The topological polar surface area (TPSA) is 81.2 Å². The highest BCUT2D eigenvalue weighted by Crippen LogP contribution is 2.28. The summed E-state index contributed by atoms with van der Waals surface area (Å²) in [5.74, 6) is -1.65. The number of nitrogens with one attached hydrogen (secondary N) is 1. The van der Waals surface area contributed by atoms with Gasteiger partial charge >= 0.3 is 0 Å². The molecule has 6 nitrogen and oxygen atoms in total. The first-order chi connectivity index (χ1) is 12.5. The van der Waals surface area contributed by atoms with Gasteiger partial charge in [-0.3, -0.25) is 4.79 Å². The van der Waals surface area contributed by atoms with Gasteiger partial charge in [0, 0.05) is 6.07 Å². The molecule has 0 saturated heterocycles. The number of hydrogen-bond donors (Lipinski definition) is 1. The maximum Gasteiger partial charge on any atom is 0.259 e. The molecular formula is C18H11F2N3O3. The molecule has 0 aliphatic rings. The average Bonchev–Trinajstić information content (AvgIpc) is 3.28. The number of anilines is 1. The van der Waals surface area contributed by atoms with Crippen LogP contribution in [0.5, 0.6) is 0 Å². The van der Waals surface area contributed by atoms with E-state index in [0.29, 0.717) is 22.5 Å². The second-order valence-electron chi connectivity index (χ2n) is 5.56. The zero-order valence-corrected chi connectivity index (χ0v) is 13.4. The number of carbonyl (C=O) groups is 1. The molecule has 130 valence electrons. The Balaban J connectivity index is 1.82. The molecule has 0 radical (unpaired) electrons. The number of aryl methyl sites for hydroxylation is 1. The van der Waals surface area contributed by atoms with Crippen molar-refractivity contribution in [1.82, 2.24) is 10.1 Å². The zero-order valence-electron chi connectivity index (χ0n) is 13.4. The second kappa shape index (κ2) is 6.07. The minimum Gasteiger partial charge on any atom is -0.463 e. The summed E-state index contributed by atoms with van der Waals surface area (Å²) < 4.78 is 37.6. The number of furan rings is 1. The van der Waals surface area contributed by atoms with Crippen LogP contribution in [-0.2, 0) is 0 Å². The fraction of sp³-hybridized carbons (Fsp3) is 0.0556. The van der Waals surface area contributed by atoms with Crippen LogP contribution in [-0.4, -0.2) is 16.0 Å². The number of benzene rings is 1. The highest BCUT2D eigenvalue weighted by Gasteiger charge is 2.21. The van der Waals surface area contributed by atoms with Crippen molar-refractivity contribution in [2.75, 3.05) is 5.32 Å². The largest absolute Gasteiger partial charge is 0.463 e. The summed E-state index contributed by atoms with van der Waals surface area (Å²) in [5, 5.41) is 6.57. The van der Waals surface area contributed by atoms with Crippen LogP contribution in [0.15, 0.2) is 51.6 Å². The van der Waals surface area contributed by atoms with Crippen molar-refractivity contribution < 1.29 is 22.5 Å². The summed E-state index contributed by atoms with van der Waals surface area (Å²) in [5.41, 5.74) is 0.825. The monoisotopic (exact) mass is 355 g/mol. The average molecular weight is 355 g/mol. The number of fused-ring (bicyclic) bond motifs is 1. The van der Waals surface area contributed by atoms with E-state index in [-0.39, 0.29) is 17.0 Å². The molecule has 1 N–H and O–H groups in total. The van der Waals surface area contributed by atoms with Gasteiger partial charge in [-0.25, -0.2) is 13.8 Å². The van der Waals surface area contributed by atoms with Crippen molar-refractivity contribution in [3.63, 3.8) is 0 Å². The van der Waals surface area contributed by atoms with Crippen LogP contribution in [0.2, 0.25) is 0 Å². The predicted octanol–water partition coefficient (Wildman–Crippen LogP) is 4.32. The zero-order chi connectivity index (χ0) is 18.3. The molecule has 0 fully saturated rings. The molecular weight excluding hydrogens is 344 g/mol. The molecule has 0 saturated carbocycles. The van der Waals surface area contributed by atoms with Gasteiger partial charge in [0.25, 0.3) is 11.6 Å². The third-order valence-electron chi connectivity index (χ3n) is 3.81. The fourth-order valence-electron chi connectivity index (χ4n) is 2.61. The maximum absolute atomic E-state index is 13.8. The molecule has 4 aromatic rings. The number of pyridine rings is 1. The fourth-order valence-corrected chi connectivity index (χ4v) is 2.61. The van der Waals surface area contributed by atoms with Gasteiger partial charge in [-0.15, -0.1) is 0 Å². The molecule has 4 rings (SSSR count). The molecule has 3 heterocycles. The minimum absolute atomic E-state index is 0.140. The first kappa shape index (κ1) is 15.9. The maximum atomic E-state index is 13.8. The van der Waals surface area contributed by atoms with E-state index in [1.165, 1.54) is 12.3 Å². The predicted molar refractivity (Wildman–Crippen MR) is 88.6 cm³/mol. The van der Waals surface area contributed by atoms with Crippen molar-refractivity contribution in [3.05, 3.63) is 65.6 Å². The Morgan fingerprint density at radius 3 is 2.81 bits per heavy atom. The highest BCUT2D eigenvalue weighted by molar-refractivity contribution is 6.13. The van der Waals surface area contributed by atoms with E-state index in [9.17, 15) is 13.6 Å². The summed E-state index contributed by atoms with van der Waals surface area (Å²) in [6, 6.07) is 7.64. The van der Waals surface area contributed by atoms with Crippen molar-refractivity contribution in [1.29, 1.82) is 0 Å². The lowest BCUT2D eigenvalue weighted by Crippen LogP contribution is -2.14. The van der Waals surface area contributed by atoms with E-state index in [2.05, 4.69) is 15.5 Å². The van der Waals surface area contributed by atoms with E-state index in [0.717, 1.165) is 18.2 Å². The SMILES string of the molecule is Cc1noc2nc(-c3ccco3)cc(C(=O)Nc3cc(F)ccc3F)c12. The van der Waals surface area contributed by atoms with Gasteiger partial charge in [0.15, 0.2) is 5.76 Å². The lowest BCUT2D eigenvalue weighted by molar-refractivity contribution is 0.102. The first-order valence-electron chi connectivity index (χ1n) is 7.60. The van der Waals surface area contributed by atoms with Crippen LogP contribution in [0.25, 0.3) is 22.6 Å². The van der Waals surface area contributed by atoms with Crippen LogP contribution in [0.1, 0.15) is 16.1 Å². The summed E-state index contributed by atoms with van der Waals surface area (Å²) in [6.07, 6.45) is 1.47. The van der Waals surface area contributed by atoms with Gasteiger partial charge < -0.3 is 14.3 Å². The number of rotatable bonds is 3. The van der Waals surface area contributed by atoms with Crippen molar-refractivity contribution in [2.45, 2.75) is 6.92 Å². The molecule has 0 unspecified atom stereocenters. The molecule has 1 amide bonds. The molecule has 0 spiro atoms. The number of nitrogens with zero attached hydrogens (tertiary/aromatic N) is 2. The Morgan fingerprint density at radius 1 is 1.19 bits per heavy atom. The molecule has 0 aliphatic heterocycles. The van der Waals surface area contributed by atoms with E-state index in [1.54, 1.807) is 19.1 Å². The standard InChI is InChI=1S/C18H11F2N3O3/c1-9-16-11(17(24)21-13-7-10(19)4-5-12(13)20)8-14(15-3-2-6-25-15)22-18(16)26-23-9/h2-8H,1H3,(H,21,24). The van der Waals surface area contributed by atoms with Gasteiger partial charge in [-0.05, 0) is 37.3 Å². The molecule has 3 aromatic heterocycles. The Labute approximate surface area is 145 Å². The Hall–Kier alpha value is -3.55. The number of carbonyl (C=O) groups excluding carboxylic acids is 1. The number of aromatic nitrogens is 2. The Morgan fingerprint density at radius 2 is 2.04 bits per heavy atom. The van der Waals surface area contributed by atoms with Crippen molar-refractivity contribution in [3.8, 4) is 11.5 Å². The summed E-state index contributed by atoms with van der Waals surface area (Å²) in [7, 11) is 0. The third kappa shape index (κ3) is 2.71. The Kier molecular flexibility index (Phi) is 3.72. The van der Waals surface area contributed by atoms with E-state index in [1.807, 2.05) is 0 Å². The van der Waals surface area contributed by atoms with Crippen LogP contribution in [0.3, 0.4) is 0 Å². The number of amides is 1. The minimum atomic E-state index is -0.752. The van der Waals surface area contributed by atoms with Gasteiger partial charge in [-0.1, -0.05) is 5.16 Å². The van der Waals surface area contributed by atoms with Gasteiger partial charge in [-0.2, -0.15) is 0 Å². The molecule has 0 aliphatic carbocycles. The van der Waals surface area contributed by atoms with E-state index >= 15 is 0 Å². The number of halogens is 2. The van der Waals surface area contributed by atoms with Crippen molar-refractivity contribution >= 4 is 22.7 Å². The van der Waals surface area contributed by atoms with E-state index < -0.39 is 17.5 Å². The quantitative estimate of drug-likeness (QED) is 0.592. The van der Waals surface area contributed by atoms with Gasteiger partial charge in [0.1, 0.15) is 17.3 Å². The molecule has 26 heavy (non-hydrogen) atoms. The molecule has 0 bridgehead atoms. The molecule has 1 aromatic carbocycles. The van der Waals surface area contributed by atoms with Crippen LogP contribution >= 0.6 is 0 Å². The third-order valence-corrected chi connectivity index (χ3v) is 3.81. The number of hydrogen-bond acceptors (Lipinski definition) is 5. The van der Waals surface area contributed by atoms with Crippen LogP contribution in [0.4, 0.5) is 14.5 Å². The van der Waals surface area contributed by atoms with Crippen LogP contribution < -0.4 is 5.32 Å². The van der Waals surface area contributed by atoms with Crippen LogP contribution in [0, 0.1) is 18.6 Å². The van der Waals surface area contributed by atoms with Crippen molar-refractivity contribution in [2.24, 2.45) is 0 Å². The van der Waals surface area contributed by atoms with E-state index in [4.69, 9.17) is 8.94 Å². The van der Waals surface area contributed by atoms with Gasteiger partial charge in [0.2, 0.25) is 0 Å². The van der Waals surface area contributed by atoms with Gasteiger partial charge in [0.05, 0.1) is 28.6 Å². The summed E-state index contributed by atoms with van der Waals surface area (Å²) in [6.45, 7) is 1.65. The molecule has 0 atom stereocenters.